The number of nitrogens with zero attached hydrogens (tertiary/aromatic N) is 2. The first-order chi connectivity index (χ1) is 7.68. The summed E-state index contributed by atoms with van der Waals surface area (Å²) in [6.45, 7) is 7.29. The summed E-state index contributed by atoms with van der Waals surface area (Å²) in [5, 5.41) is 9.91. The lowest BCUT2D eigenvalue weighted by atomic mass is 10.5. The predicted octanol–water partition coefficient (Wildman–Crippen LogP) is 0.445. The van der Waals surface area contributed by atoms with Gasteiger partial charge in [0.15, 0.2) is 5.05 Å². The van der Waals surface area contributed by atoms with Crippen LogP contribution in [0.2, 0.25) is 0 Å². The molecular weight excluding hydrogens is 228 g/mol. The Bertz CT molecular complexity index is 314. The van der Waals surface area contributed by atoms with E-state index in [1.807, 2.05) is 0 Å². The van der Waals surface area contributed by atoms with E-state index in [1.165, 1.54) is 0 Å². The molecule has 6 nitrogen and oxygen atoms in total. The second-order valence-electron chi connectivity index (χ2n) is 3.16. The predicted molar refractivity (Wildman–Crippen MR) is 63.7 cm³/mol. The first-order valence-electron chi connectivity index (χ1n) is 5.04. The van der Waals surface area contributed by atoms with Crippen molar-refractivity contribution in [3.05, 3.63) is 5.82 Å². The second kappa shape index (κ2) is 7.26. The fraction of sp³-hybridized carbons (Fsp3) is 0.667. The molecule has 2 heterocycles. The third kappa shape index (κ3) is 5.74. The SMILES string of the molecule is C1COCCN1.CC(=S)Oc1n[nH]c(C)n1. The van der Waals surface area contributed by atoms with Gasteiger partial charge in [-0.15, -0.1) is 5.10 Å². The summed E-state index contributed by atoms with van der Waals surface area (Å²) >= 11 is 4.67. The minimum Gasteiger partial charge on any atom is -0.416 e. The molecule has 16 heavy (non-hydrogen) atoms. The van der Waals surface area contributed by atoms with Gasteiger partial charge in [0.1, 0.15) is 5.82 Å². The van der Waals surface area contributed by atoms with Gasteiger partial charge in [0.2, 0.25) is 0 Å². The summed E-state index contributed by atoms with van der Waals surface area (Å²) in [4.78, 5) is 3.87. The third-order valence-corrected chi connectivity index (χ3v) is 1.74. The number of nitrogens with one attached hydrogen (secondary N) is 2. The van der Waals surface area contributed by atoms with E-state index >= 15 is 0 Å². The number of H-pyrrole nitrogens is 1. The van der Waals surface area contributed by atoms with Gasteiger partial charge in [0.05, 0.1) is 13.2 Å². The third-order valence-electron chi connectivity index (χ3n) is 1.66. The Morgan fingerprint density at radius 3 is 2.44 bits per heavy atom. The molecule has 0 spiro atoms. The quantitative estimate of drug-likeness (QED) is 0.699. The van der Waals surface area contributed by atoms with Gasteiger partial charge >= 0.3 is 6.01 Å². The van der Waals surface area contributed by atoms with Gasteiger partial charge in [-0.2, -0.15) is 4.98 Å². The van der Waals surface area contributed by atoms with Crippen molar-refractivity contribution in [3.8, 4) is 6.01 Å². The lowest BCUT2D eigenvalue weighted by molar-refractivity contribution is 0.109. The molecule has 0 aliphatic carbocycles. The molecule has 0 aromatic carbocycles. The minimum atomic E-state index is 0.282. The number of thiocarbonyl (C=S) groups is 1. The molecule has 1 aromatic heterocycles. The largest absolute Gasteiger partial charge is 0.416 e. The highest BCUT2D eigenvalue weighted by Crippen LogP contribution is 1.99. The van der Waals surface area contributed by atoms with Crippen molar-refractivity contribution in [1.29, 1.82) is 0 Å². The van der Waals surface area contributed by atoms with Crippen molar-refractivity contribution in [3.63, 3.8) is 0 Å². The average molecular weight is 244 g/mol. The molecule has 0 saturated carbocycles. The second-order valence-corrected chi connectivity index (χ2v) is 3.73. The molecule has 1 aromatic rings. The van der Waals surface area contributed by atoms with Crippen LogP contribution in [0.3, 0.4) is 0 Å². The molecular formula is C9H16N4O2S. The van der Waals surface area contributed by atoms with Gasteiger partial charge in [-0.3, -0.25) is 5.10 Å². The van der Waals surface area contributed by atoms with Crippen molar-refractivity contribution in [2.24, 2.45) is 0 Å². The van der Waals surface area contributed by atoms with Gasteiger partial charge in [-0.05, 0) is 19.1 Å². The maximum Gasteiger partial charge on any atom is 0.341 e. The molecule has 2 rings (SSSR count). The van der Waals surface area contributed by atoms with E-state index in [2.05, 4.69) is 32.7 Å². The van der Waals surface area contributed by atoms with E-state index < -0.39 is 0 Å². The summed E-state index contributed by atoms with van der Waals surface area (Å²) in [6.07, 6.45) is 0. The zero-order valence-corrected chi connectivity index (χ0v) is 10.3. The van der Waals surface area contributed by atoms with Crippen LogP contribution in [0.5, 0.6) is 6.01 Å². The molecule has 90 valence electrons. The molecule has 0 atom stereocenters. The van der Waals surface area contributed by atoms with Gasteiger partial charge in [0, 0.05) is 20.0 Å². The van der Waals surface area contributed by atoms with Crippen LogP contribution in [0.15, 0.2) is 0 Å². The van der Waals surface area contributed by atoms with Gasteiger partial charge in [-0.25, -0.2) is 0 Å². The minimum absolute atomic E-state index is 0.282. The fourth-order valence-electron chi connectivity index (χ4n) is 1.01. The maximum atomic E-state index is 5.01. The van der Waals surface area contributed by atoms with Crippen molar-refractivity contribution in [1.82, 2.24) is 20.5 Å². The molecule has 0 radical (unpaired) electrons. The molecule has 1 saturated heterocycles. The summed E-state index contributed by atoms with van der Waals surface area (Å²) in [5.41, 5.74) is 0. The Hall–Kier alpha value is -1.05. The number of aromatic nitrogens is 3. The highest BCUT2D eigenvalue weighted by molar-refractivity contribution is 7.80. The first-order valence-corrected chi connectivity index (χ1v) is 5.45. The van der Waals surface area contributed by atoms with E-state index in [1.54, 1.807) is 13.8 Å². The normalized spacial score (nSPS) is 14.9. The van der Waals surface area contributed by atoms with Crippen molar-refractivity contribution in [2.45, 2.75) is 13.8 Å². The maximum absolute atomic E-state index is 5.01. The number of morpholine rings is 1. The number of aryl methyl sites for hydroxylation is 1. The zero-order chi connectivity index (χ0) is 11.8. The lowest BCUT2D eigenvalue weighted by Crippen LogP contribution is -2.30. The summed E-state index contributed by atoms with van der Waals surface area (Å²) < 4.78 is 9.92. The summed E-state index contributed by atoms with van der Waals surface area (Å²) in [7, 11) is 0. The Kier molecular flexibility index (Phi) is 5.91. The highest BCUT2D eigenvalue weighted by atomic mass is 32.1. The van der Waals surface area contributed by atoms with Crippen LogP contribution in [0.4, 0.5) is 0 Å². The van der Waals surface area contributed by atoms with E-state index in [9.17, 15) is 0 Å². The van der Waals surface area contributed by atoms with Crippen LogP contribution >= 0.6 is 12.2 Å². The van der Waals surface area contributed by atoms with Crippen LogP contribution in [0.25, 0.3) is 0 Å². The highest BCUT2D eigenvalue weighted by Gasteiger charge is 1.99. The lowest BCUT2D eigenvalue weighted by Gasteiger charge is -2.10. The van der Waals surface area contributed by atoms with E-state index in [-0.39, 0.29) is 6.01 Å². The standard InChI is InChI=1S/C5H7N3OS.C4H9NO/c1-3-6-5(8-7-3)9-4(2)10;1-3-6-4-2-5-1/h1-2H3,(H,6,7,8);5H,1-4H2. The molecule has 0 unspecified atom stereocenters. The average Bonchev–Trinajstić information content (AvgIpc) is 2.66. The Morgan fingerprint density at radius 1 is 1.44 bits per heavy atom. The van der Waals surface area contributed by atoms with Crippen molar-refractivity contribution in [2.75, 3.05) is 26.3 Å². The van der Waals surface area contributed by atoms with Gasteiger partial charge < -0.3 is 14.8 Å². The number of hydrogen-bond donors (Lipinski definition) is 2. The van der Waals surface area contributed by atoms with Crippen LogP contribution in [-0.2, 0) is 4.74 Å². The fourth-order valence-corrected chi connectivity index (χ4v) is 1.09. The van der Waals surface area contributed by atoms with Crippen LogP contribution in [0.1, 0.15) is 12.7 Å². The van der Waals surface area contributed by atoms with Gasteiger partial charge in [0.25, 0.3) is 0 Å². The molecule has 0 amide bonds. The summed E-state index contributed by atoms with van der Waals surface area (Å²) in [5.74, 6) is 0.714. The van der Waals surface area contributed by atoms with Crippen LogP contribution in [0, 0.1) is 6.92 Å². The molecule has 7 heteroatoms. The first kappa shape index (κ1) is 13.0. The van der Waals surface area contributed by atoms with Gasteiger partial charge in [-0.1, -0.05) is 0 Å². The Balaban J connectivity index is 0.000000181. The van der Waals surface area contributed by atoms with Crippen molar-refractivity contribution < 1.29 is 9.47 Å². The monoisotopic (exact) mass is 244 g/mol. The van der Waals surface area contributed by atoms with E-state index in [4.69, 9.17) is 9.47 Å². The number of aromatic amines is 1. The molecule has 0 bridgehead atoms. The molecule has 1 aliphatic heterocycles. The summed E-state index contributed by atoms with van der Waals surface area (Å²) in [6, 6.07) is 0.282. The van der Waals surface area contributed by atoms with Crippen LogP contribution < -0.4 is 10.1 Å². The van der Waals surface area contributed by atoms with E-state index in [0.717, 1.165) is 26.3 Å². The molecule has 1 aliphatic rings. The Labute approximate surface area is 99.7 Å². The van der Waals surface area contributed by atoms with E-state index in [0.29, 0.717) is 10.9 Å². The molecule has 2 N–H and O–H groups in total. The smallest absolute Gasteiger partial charge is 0.341 e. The number of hydrogen-bond acceptors (Lipinski definition) is 6. The number of rotatable bonds is 1. The Morgan fingerprint density at radius 2 is 2.12 bits per heavy atom. The number of ether oxygens (including phenoxy) is 2. The van der Waals surface area contributed by atoms with Crippen LogP contribution in [-0.4, -0.2) is 46.5 Å². The topological polar surface area (TPSA) is 72.1 Å². The molecule has 1 fully saturated rings. The zero-order valence-electron chi connectivity index (χ0n) is 9.45. The van der Waals surface area contributed by atoms with Crippen molar-refractivity contribution >= 4 is 17.3 Å².